The number of nitrogens with zero attached hydrogens (tertiary/aromatic N) is 6. The maximum atomic E-state index is 12.3. The lowest BCUT2D eigenvalue weighted by Crippen LogP contribution is -2.38. The van der Waals surface area contributed by atoms with E-state index < -0.39 is 0 Å². The summed E-state index contributed by atoms with van der Waals surface area (Å²) < 4.78 is 1.98. The highest BCUT2D eigenvalue weighted by Gasteiger charge is 2.16. The van der Waals surface area contributed by atoms with Gasteiger partial charge < -0.3 is 14.8 Å². The number of nitrogens with one attached hydrogen (secondary N) is 1. The smallest absolute Gasteiger partial charge is 0.317 e. The van der Waals surface area contributed by atoms with Crippen LogP contribution in [0, 0.1) is 6.92 Å². The van der Waals surface area contributed by atoms with Gasteiger partial charge in [-0.25, -0.2) is 14.8 Å². The Morgan fingerprint density at radius 1 is 1.30 bits per heavy atom. The van der Waals surface area contributed by atoms with Gasteiger partial charge in [-0.2, -0.15) is 0 Å². The van der Waals surface area contributed by atoms with Crippen molar-refractivity contribution in [2.24, 2.45) is 0 Å². The van der Waals surface area contributed by atoms with Gasteiger partial charge in [-0.05, 0) is 44.6 Å². The third-order valence-corrected chi connectivity index (χ3v) is 4.95. The molecule has 0 fully saturated rings. The number of fused-ring (bicyclic) bond motifs is 1. The van der Waals surface area contributed by atoms with E-state index in [4.69, 9.17) is 4.98 Å². The molecule has 0 atom stereocenters. The molecule has 0 unspecified atom stereocenters. The molecular weight excluding hydrogens is 342 g/mol. The van der Waals surface area contributed by atoms with Gasteiger partial charge >= 0.3 is 6.03 Å². The Kier molecular flexibility index (Phi) is 6.36. The number of aryl methyl sites for hydroxylation is 3. The van der Waals surface area contributed by atoms with Crippen molar-refractivity contribution in [1.82, 2.24) is 34.9 Å². The van der Waals surface area contributed by atoms with E-state index in [0.29, 0.717) is 19.5 Å². The Morgan fingerprint density at radius 2 is 2.11 bits per heavy atom. The monoisotopic (exact) mass is 371 g/mol. The lowest BCUT2D eigenvalue weighted by atomic mass is 9.95. The number of carbonyl (C=O) groups excluding carboxylic acids is 1. The van der Waals surface area contributed by atoms with Crippen LogP contribution in [0.2, 0.25) is 0 Å². The van der Waals surface area contributed by atoms with Crippen LogP contribution in [0.4, 0.5) is 4.79 Å². The highest BCUT2D eigenvalue weighted by atomic mass is 16.2. The van der Waals surface area contributed by atoms with E-state index in [1.54, 1.807) is 18.3 Å². The molecule has 0 radical (unpaired) electrons. The molecule has 8 nitrogen and oxygen atoms in total. The van der Waals surface area contributed by atoms with Gasteiger partial charge in [0.25, 0.3) is 0 Å². The van der Waals surface area contributed by atoms with E-state index >= 15 is 0 Å². The molecule has 0 aliphatic heterocycles. The fraction of sp³-hybridized carbons (Fsp3) is 0.632. The number of carbonyl (C=O) groups is 1. The van der Waals surface area contributed by atoms with E-state index in [1.165, 1.54) is 24.1 Å². The lowest BCUT2D eigenvalue weighted by Gasteiger charge is -2.19. The van der Waals surface area contributed by atoms with Gasteiger partial charge in [0.2, 0.25) is 0 Å². The first-order valence-corrected chi connectivity index (χ1v) is 9.79. The third kappa shape index (κ3) is 4.81. The van der Waals surface area contributed by atoms with Gasteiger partial charge in [-0.1, -0.05) is 6.92 Å². The summed E-state index contributed by atoms with van der Waals surface area (Å²) in [5, 5.41) is 11.0. The number of hydrogen-bond donors (Lipinski definition) is 1. The molecule has 1 N–H and O–H groups in total. The molecule has 2 amide bonds. The normalized spacial score (nSPS) is 13.3. The summed E-state index contributed by atoms with van der Waals surface area (Å²) in [6, 6.07) is -0.129. The minimum absolute atomic E-state index is 0.129. The van der Waals surface area contributed by atoms with Crippen molar-refractivity contribution in [2.45, 2.75) is 65.5 Å². The molecule has 0 saturated heterocycles. The molecule has 8 heteroatoms. The number of urea groups is 1. The van der Waals surface area contributed by atoms with Crippen molar-refractivity contribution < 1.29 is 4.79 Å². The van der Waals surface area contributed by atoms with Crippen LogP contribution in [0.5, 0.6) is 0 Å². The van der Waals surface area contributed by atoms with Crippen molar-refractivity contribution >= 4 is 6.03 Å². The quantitative estimate of drug-likeness (QED) is 0.805. The van der Waals surface area contributed by atoms with Gasteiger partial charge in [0.15, 0.2) is 5.82 Å². The Hall–Kier alpha value is -2.51. The molecule has 0 spiro atoms. The van der Waals surface area contributed by atoms with E-state index in [0.717, 1.165) is 43.1 Å². The number of aromatic nitrogens is 5. The van der Waals surface area contributed by atoms with Gasteiger partial charge in [0.1, 0.15) is 12.2 Å². The Bertz CT molecular complexity index is 786. The Balaban J connectivity index is 1.50. The zero-order chi connectivity index (χ0) is 19.2. The largest absolute Gasteiger partial charge is 0.338 e. The van der Waals surface area contributed by atoms with E-state index in [1.807, 2.05) is 4.57 Å². The van der Waals surface area contributed by atoms with Crippen LogP contribution < -0.4 is 5.32 Å². The molecule has 0 bridgehead atoms. The number of rotatable bonds is 7. The highest BCUT2D eigenvalue weighted by Crippen LogP contribution is 2.21. The minimum Gasteiger partial charge on any atom is -0.338 e. The predicted octanol–water partition coefficient (Wildman–Crippen LogP) is 2.05. The molecule has 3 rings (SSSR count). The standard InChI is InChI=1S/C19H29N7O/c1-4-11-26-13-21-24-18(26)12-25(3)19(27)20-10-9-17-22-14(2)15-7-5-6-8-16(15)23-17/h13H,4-12H2,1-3H3,(H,20,27). The molecule has 0 saturated carbocycles. The maximum Gasteiger partial charge on any atom is 0.317 e. The Morgan fingerprint density at radius 3 is 2.93 bits per heavy atom. The van der Waals surface area contributed by atoms with Gasteiger partial charge in [-0.3, -0.25) is 0 Å². The third-order valence-electron chi connectivity index (χ3n) is 4.95. The Labute approximate surface area is 160 Å². The first-order valence-electron chi connectivity index (χ1n) is 9.79. The minimum atomic E-state index is -0.129. The molecule has 27 heavy (non-hydrogen) atoms. The predicted molar refractivity (Wildman–Crippen MR) is 102 cm³/mol. The summed E-state index contributed by atoms with van der Waals surface area (Å²) in [5.41, 5.74) is 3.61. The summed E-state index contributed by atoms with van der Waals surface area (Å²) >= 11 is 0. The van der Waals surface area contributed by atoms with Crippen LogP contribution >= 0.6 is 0 Å². The van der Waals surface area contributed by atoms with Crippen LogP contribution in [0.15, 0.2) is 6.33 Å². The first-order chi connectivity index (χ1) is 13.1. The number of hydrogen-bond acceptors (Lipinski definition) is 5. The van der Waals surface area contributed by atoms with Gasteiger partial charge in [0, 0.05) is 37.9 Å². The average Bonchev–Trinajstić information content (AvgIpc) is 3.09. The summed E-state index contributed by atoms with van der Waals surface area (Å²) in [4.78, 5) is 23.3. The van der Waals surface area contributed by atoms with Crippen LogP contribution in [-0.4, -0.2) is 49.3 Å². The molecule has 2 aromatic rings. The van der Waals surface area contributed by atoms with Crippen molar-refractivity contribution in [2.75, 3.05) is 13.6 Å². The van der Waals surface area contributed by atoms with Crippen molar-refractivity contribution in [3.8, 4) is 0 Å². The maximum absolute atomic E-state index is 12.3. The zero-order valence-electron chi connectivity index (χ0n) is 16.5. The molecule has 2 aromatic heterocycles. The van der Waals surface area contributed by atoms with Crippen LogP contribution in [-0.2, 0) is 32.4 Å². The second-order valence-corrected chi connectivity index (χ2v) is 7.14. The van der Waals surface area contributed by atoms with Gasteiger partial charge in [-0.15, -0.1) is 10.2 Å². The summed E-state index contributed by atoms with van der Waals surface area (Å²) in [5.74, 6) is 1.61. The van der Waals surface area contributed by atoms with Crippen molar-refractivity contribution in [1.29, 1.82) is 0 Å². The lowest BCUT2D eigenvalue weighted by molar-refractivity contribution is 0.205. The summed E-state index contributed by atoms with van der Waals surface area (Å²) in [6.07, 6.45) is 7.91. The summed E-state index contributed by atoms with van der Waals surface area (Å²) in [7, 11) is 1.76. The van der Waals surface area contributed by atoms with Gasteiger partial charge in [0.05, 0.1) is 6.54 Å². The molecule has 0 aromatic carbocycles. The van der Waals surface area contributed by atoms with E-state index in [9.17, 15) is 4.79 Å². The zero-order valence-corrected chi connectivity index (χ0v) is 16.5. The second kappa shape index (κ2) is 8.92. The fourth-order valence-corrected chi connectivity index (χ4v) is 3.49. The fourth-order valence-electron chi connectivity index (χ4n) is 3.49. The molecular formula is C19H29N7O. The highest BCUT2D eigenvalue weighted by molar-refractivity contribution is 5.73. The SMILES string of the molecule is CCCn1cnnc1CN(C)C(=O)NCCc1nc(C)c2c(n1)CCCC2. The van der Waals surface area contributed by atoms with Crippen LogP contribution in [0.1, 0.15) is 54.8 Å². The van der Waals surface area contributed by atoms with E-state index in [-0.39, 0.29) is 6.03 Å². The molecule has 2 heterocycles. The van der Waals surface area contributed by atoms with Crippen LogP contribution in [0.25, 0.3) is 0 Å². The van der Waals surface area contributed by atoms with Crippen molar-refractivity contribution in [3.05, 3.63) is 34.9 Å². The van der Waals surface area contributed by atoms with Crippen LogP contribution in [0.3, 0.4) is 0 Å². The summed E-state index contributed by atoms with van der Waals surface area (Å²) in [6.45, 7) is 5.97. The second-order valence-electron chi connectivity index (χ2n) is 7.14. The number of amides is 2. The van der Waals surface area contributed by atoms with Crippen molar-refractivity contribution in [3.63, 3.8) is 0 Å². The first kappa shape index (κ1) is 19.3. The average molecular weight is 371 g/mol. The molecule has 146 valence electrons. The molecule has 1 aliphatic rings. The molecule has 1 aliphatic carbocycles. The van der Waals surface area contributed by atoms with E-state index in [2.05, 4.69) is 34.3 Å². The topological polar surface area (TPSA) is 88.8 Å².